The van der Waals surface area contributed by atoms with Crippen LogP contribution in [-0.2, 0) is 4.79 Å². The molecule has 1 fully saturated rings. The molecular weight excluding hydrogens is 254 g/mol. The zero-order valence-corrected chi connectivity index (χ0v) is 12.2. The van der Waals surface area contributed by atoms with Crippen molar-refractivity contribution in [3.63, 3.8) is 0 Å². The fourth-order valence-electron chi connectivity index (χ4n) is 2.72. The van der Waals surface area contributed by atoms with Crippen LogP contribution in [0.2, 0.25) is 0 Å². The molecule has 110 valence electrons. The van der Waals surface area contributed by atoms with Gasteiger partial charge in [-0.3, -0.25) is 4.79 Å². The standard InChI is InChI=1S/C16H23NO3/c1-11-6-12(2)8-14(7-11)20-10-16(19)17-9-13-4-3-5-15(13)18/h6-8,13,15,18H,3-5,9-10H2,1-2H3,(H,17,19). The first-order valence-electron chi connectivity index (χ1n) is 7.20. The van der Waals surface area contributed by atoms with E-state index in [0.717, 1.165) is 36.1 Å². The molecule has 2 rings (SSSR count). The normalized spacial score (nSPS) is 21.8. The lowest BCUT2D eigenvalue weighted by atomic mass is 10.1. The number of benzene rings is 1. The summed E-state index contributed by atoms with van der Waals surface area (Å²) in [5.74, 6) is 0.780. The first-order valence-corrected chi connectivity index (χ1v) is 7.20. The predicted octanol–water partition coefficient (Wildman–Crippen LogP) is 1.96. The van der Waals surface area contributed by atoms with Gasteiger partial charge < -0.3 is 15.2 Å². The quantitative estimate of drug-likeness (QED) is 0.865. The van der Waals surface area contributed by atoms with Crippen molar-refractivity contribution in [3.8, 4) is 5.75 Å². The first-order chi connectivity index (χ1) is 9.54. The lowest BCUT2D eigenvalue weighted by Crippen LogP contribution is -2.35. The highest BCUT2D eigenvalue weighted by atomic mass is 16.5. The fourth-order valence-corrected chi connectivity index (χ4v) is 2.72. The van der Waals surface area contributed by atoms with Crippen LogP contribution in [0.5, 0.6) is 5.75 Å². The molecule has 0 aliphatic heterocycles. The Bertz CT molecular complexity index is 453. The zero-order valence-electron chi connectivity index (χ0n) is 12.2. The maximum atomic E-state index is 11.7. The molecule has 20 heavy (non-hydrogen) atoms. The largest absolute Gasteiger partial charge is 0.484 e. The molecule has 0 saturated heterocycles. The maximum Gasteiger partial charge on any atom is 0.257 e. The number of carbonyl (C=O) groups is 1. The van der Waals surface area contributed by atoms with Gasteiger partial charge in [0.2, 0.25) is 0 Å². The highest BCUT2D eigenvalue weighted by Gasteiger charge is 2.25. The summed E-state index contributed by atoms with van der Waals surface area (Å²) < 4.78 is 5.50. The zero-order chi connectivity index (χ0) is 14.5. The van der Waals surface area contributed by atoms with Crippen molar-refractivity contribution in [3.05, 3.63) is 29.3 Å². The van der Waals surface area contributed by atoms with Crippen molar-refractivity contribution >= 4 is 5.91 Å². The van der Waals surface area contributed by atoms with E-state index < -0.39 is 0 Å². The van der Waals surface area contributed by atoms with E-state index in [9.17, 15) is 9.90 Å². The molecule has 2 N–H and O–H groups in total. The summed E-state index contributed by atoms with van der Waals surface area (Å²) in [5.41, 5.74) is 2.24. The van der Waals surface area contributed by atoms with E-state index in [1.54, 1.807) is 0 Å². The molecule has 0 heterocycles. The Morgan fingerprint density at radius 2 is 2.00 bits per heavy atom. The molecule has 1 aliphatic carbocycles. The second-order valence-corrected chi connectivity index (χ2v) is 5.67. The summed E-state index contributed by atoms with van der Waals surface area (Å²) in [4.78, 5) is 11.7. The average Bonchev–Trinajstić information content (AvgIpc) is 2.78. The fraction of sp³-hybridized carbons (Fsp3) is 0.562. The molecule has 2 unspecified atom stereocenters. The third kappa shape index (κ3) is 4.23. The van der Waals surface area contributed by atoms with Gasteiger partial charge in [0.05, 0.1) is 6.10 Å². The lowest BCUT2D eigenvalue weighted by Gasteiger charge is -2.15. The molecule has 1 amide bonds. The topological polar surface area (TPSA) is 58.6 Å². The molecule has 0 aromatic heterocycles. The van der Waals surface area contributed by atoms with Gasteiger partial charge in [-0.1, -0.05) is 12.5 Å². The van der Waals surface area contributed by atoms with Crippen molar-refractivity contribution in [2.24, 2.45) is 5.92 Å². The van der Waals surface area contributed by atoms with Crippen LogP contribution in [0.25, 0.3) is 0 Å². The van der Waals surface area contributed by atoms with Gasteiger partial charge in [-0.15, -0.1) is 0 Å². The third-order valence-electron chi connectivity index (χ3n) is 3.75. The number of amides is 1. The molecule has 1 aromatic carbocycles. The average molecular weight is 277 g/mol. The third-order valence-corrected chi connectivity index (χ3v) is 3.75. The van der Waals surface area contributed by atoms with E-state index in [1.165, 1.54) is 0 Å². The number of ether oxygens (including phenoxy) is 1. The van der Waals surface area contributed by atoms with Crippen LogP contribution >= 0.6 is 0 Å². The van der Waals surface area contributed by atoms with Gasteiger partial charge in [-0.25, -0.2) is 0 Å². The van der Waals surface area contributed by atoms with Gasteiger partial charge in [0.15, 0.2) is 6.61 Å². The van der Waals surface area contributed by atoms with Crippen molar-refractivity contribution in [1.29, 1.82) is 0 Å². The van der Waals surface area contributed by atoms with Gasteiger partial charge in [0, 0.05) is 12.5 Å². The van der Waals surface area contributed by atoms with Crippen LogP contribution in [0.1, 0.15) is 30.4 Å². The first kappa shape index (κ1) is 14.9. The second kappa shape index (κ2) is 6.75. The molecule has 1 aliphatic rings. The summed E-state index contributed by atoms with van der Waals surface area (Å²) in [6.45, 7) is 4.56. The van der Waals surface area contributed by atoms with Gasteiger partial charge >= 0.3 is 0 Å². The Morgan fingerprint density at radius 1 is 1.30 bits per heavy atom. The molecule has 0 spiro atoms. The summed E-state index contributed by atoms with van der Waals surface area (Å²) in [7, 11) is 0. The van der Waals surface area contributed by atoms with E-state index in [4.69, 9.17) is 4.74 Å². The van der Waals surface area contributed by atoms with Gasteiger partial charge in [0.1, 0.15) is 5.75 Å². The number of hydrogen-bond donors (Lipinski definition) is 2. The minimum Gasteiger partial charge on any atom is -0.484 e. The molecule has 1 saturated carbocycles. The number of aryl methyl sites for hydroxylation is 2. The molecule has 4 nitrogen and oxygen atoms in total. The van der Waals surface area contributed by atoms with Crippen LogP contribution in [-0.4, -0.2) is 30.3 Å². The highest BCUT2D eigenvalue weighted by Crippen LogP contribution is 2.24. The Hall–Kier alpha value is -1.55. The van der Waals surface area contributed by atoms with Crippen LogP contribution in [0, 0.1) is 19.8 Å². The van der Waals surface area contributed by atoms with Crippen LogP contribution in [0.4, 0.5) is 0 Å². The molecule has 4 heteroatoms. The van der Waals surface area contributed by atoms with Crippen LogP contribution in [0.15, 0.2) is 18.2 Å². The van der Waals surface area contributed by atoms with Crippen molar-refractivity contribution in [2.45, 2.75) is 39.2 Å². The summed E-state index contributed by atoms with van der Waals surface area (Å²) in [6.07, 6.45) is 2.61. The Balaban J connectivity index is 1.74. The van der Waals surface area contributed by atoms with Gasteiger partial charge in [-0.05, 0) is 49.9 Å². The Morgan fingerprint density at radius 3 is 2.60 bits per heavy atom. The molecule has 2 atom stereocenters. The van der Waals surface area contributed by atoms with Crippen LogP contribution in [0.3, 0.4) is 0 Å². The predicted molar refractivity (Wildman–Crippen MR) is 77.8 cm³/mol. The SMILES string of the molecule is Cc1cc(C)cc(OCC(=O)NCC2CCCC2O)c1. The summed E-state index contributed by atoms with van der Waals surface area (Å²) >= 11 is 0. The Labute approximate surface area is 120 Å². The second-order valence-electron chi connectivity index (χ2n) is 5.67. The van der Waals surface area contributed by atoms with E-state index in [2.05, 4.69) is 11.4 Å². The molecular formula is C16H23NO3. The minimum atomic E-state index is -0.268. The van der Waals surface area contributed by atoms with E-state index in [-0.39, 0.29) is 24.5 Å². The highest BCUT2D eigenvalue weighted by molar-refractivity contribution is 5.77. The van der Waals surface area contributed by atoms with Gasteiger partial charge in [0.25, 0.3) is 5.91 Å². The number of aliphatic hydroxyl groups excluding tert-OH is 1. The number of aliphatic hydroxyl groups is 1. The Kier molecular flexibility index (Phi) is 5.01. The van der Waals surface area contributed by atoms with Crippen molar-refractivity contribution in [1.82, 2.24) is 5.32 Å². The number of rotatable bonds is 5. The number of hydrogen-bond acceptors (Lipinski definition) is 3. The van der Waals surface area contributed by atoms with E-state index in [0.29, 0.717) is 6.54 Å². The van der Waals surface area contributed by atoms with Crippen LogP contribution < -0.4 is 10.1 Å². The molecule has 1 aromatic rings. The minimum absolute atomic E-state index is 0.0196. The number of nitrogens with one attached hydrogen (secondary N) is 1. The summed E-state index contributed by atoms with van der Waals surface area (Å²) in [5, 5.41) is 12.5. The molecule has 0 bridgehead atoms. The smallest absolute Gasteiger partial charge is 0.257 e. The monoisotopic (exact) mass is 277 g/mol. The summed E-state index contributed by atoms with van der Waals surface area (Å²) in [6, 6.07) is 5.90. The number of carbonyl (C=O) groups excluding carboxylic acids is 1. The lowest BCUT2D eigenvalue weighted by molar-refractivity contribution is -0.123. The van der Waals surface area contributed by atoms with E-state index >= 15 is 0 Å². The molecule has 0 radical (unpaired) electrons. The maximum absolute atomic E-state index is 11.7. The van der Waals surface area contributed by atoms with Gasteiger partial charge in [-0.2, -0.15) is 0 Å². The van der Waals surface area contributed by atoms with E-state index in [1.807, 2.05) is 26.0 Å². The van der Waals surface area contributed by atoms with Crippen molar-refractivity contribution in [2.75, 3.05) is 13.2 Å². The van der Waals surface area contributed by atoms with Crippen molar-refractivity contribution < 1.29 is 14.6 Å².